The molecule has 0 heterocycles. The number of rotatable bonds is 5. The molecule has 0 aliphatic heterocycles. The van der Waals surface area contributed by atoms with E-state index in [9.17, 15) is 8.78 Å². The molecule has 0 spiro atoms. The van der Waals surface area contributed by atoms with Crippen LogP contribution in [0.25, 0.3) is 0 Å². The van der Waals surface area contributed by atoms with E-state index in [1.165, 1.54) is 12.1 Å². The van der Waals surface area contributed by atoms with Crippen LogP contribution in [0.4, 0.5) is 8.78 Å². The van der Waals surface area contributed by atoms with E-state index in [1.807, 2.05) is 19.9 Å². The van der Waals surface area contributed by atoms with Crippen LogP contribution in [0.2, 0.25) is 5.02 Å². The molecule has 0 saturated carbocycles. The number of benzene rings is 2. The molecule has 0 bridgehead atoms. The quantitative estimate of drug-likeness (QED) is 0.835. The number of halogens is 3. The number of nitrogens with one attached hydrogen (secondary N) is 1. The molecule has 4 heteroatoms. The standard InChI is InChI=1S/C17H18ClF2N/c1-3-21-16(13-8-7-11(2)9-15(13)20)10-12-5-4-6-14(19)17(12)18/h4-9,16,21H,3,10H2,1-2H3. The summed E-state index contributed by atoms with van der Waals surface area (Å²) in [5.41, 5.74) is 2.11. The highest BCUT2D eigenvalue weighted by atomic mass is 35.5. The normalized spacial score (nSPS) is 12.4. The molecule has 0 amide bonds. The van der Waals surface area contributed by atoms with E-state index in [0.717, 1.165) is 5.56 Å². The van der Waals surface area contributed by atoms with Gasteiger partial charge in [-0.1, -0.05) is 42.8 Å². The fourth-order valence-electron chi connectivity index (χ4n) is 2.38. The van der Waals surface area contributed by atoms with Gasteiger partial charge >= 0.3 is 0 Å². The van der Waals surface area contributed by atoms with Crippen LogP contribution in [-0.4, -0.2) is 6.54 Å². The van der Waals surface area contributed by atoms with E-state index in [4.69, 9.17) is 11.6 Å². The Morgan fingerprint density at radius 3 is 2.57 bits per heavy atom. The van der Waals surface area contributed by atoms with Gasteiger partial charge in [-0.2, -0.15) is 0 Å². The van der Waals surface area contributed by atoms with Gasteiger partial charge in [-0.3, -0.25) is 0 Å². The number of hydrogen-bond acceptors (Lipinski definition) is 1. The summed E-state index contributed by atoms with van der Waals surface area (Å²) in [5.74, 6) is -0.706. The maximum absolute atomic E-state index is 14.2. The van der Waals surface area contributed by atoms with Crippen molar-refractivity contribution in [3.8, 4) is 0 Å². The maximum Gasteiger partial charge on any atom is 0.142 e. The second-order valence-electron chi connectivity index (χ2n) is 5.05. The van der Waals surface area contributed by atoms with Gasteiger partial charge < -0.3 is 5.32 Å². The molecule has 0 fully saturated rings. The first kappa shape index (κ1) is 15.9. The Balaban J connectivity index is 2.33. The third-order valence-corrected chi connectivity index (χ3v) is 3.86. The Morgan fingerprint density at radius 2 is 1.90 bits per heavy atom. The summed E-state index contributed by atoms with van der Waals surface area (Å²) in [7, 11) is 0. The molecule has 112 valence electrons. The number of likely N-dealkylation sites (N-methyl/N-ethyl adjacent to an activating group) is 1. The van der Waals surface area contributed by atoms with Gasteiger partial charge in [0, 0.05) is 11.6 Å². The first-order chi connectivity index (χ1) is 10.0. The van der Waals surface area contributed by atoms with Crippen molar-refractivity contribution in [2.45, 2.75) is 26.3 Å². The van der Waals surface area contributed by atoms with E-state index >= 15 is 0 Å². The van der Waals surface area contributed by atoms with E-state index in [0.29, 0.717) is 24.1 Å². The lowest BCUT2D eigenvalue weighted by Gasteiger charge is -2.20. The second-order valence-corrected chi connectivity index (χ2v) is 5.43. The lowest BCUT2D eigenvalue weighted by molar-refractivity contribution is 0.508. The molecule has 0 aromatic heterocycles. The second kappa shape index (κ2) is 7.01. The molecule has 0 radical (unpaired) electrons. The molecule has 0 saturated heterocycles. The Morgan fingerprint density at radius 1 is 1.14 bits per heavy atom. The molecule has 1 N–H and O–H groups in total. The highest BCUT2D eigenvalue weighted by Gasteiger charge is 2.17. The van der Waals surface area contributed by atoms with Crippen molar-refractivity contribution in [1.29, 1.82) is 0 Å². The van der Waals surface area contributed by atoms with Crippen molar-refractivity contribution in [1.82, 2.24) is 5.32 Å². The van der Waals surface area contributed by atoms with Gasteiger partial charge in [0.05, 0.1) is 5.02 Å². The monoisotopic (exact) mass is 309 g/mol. The number of aryl methyl sites for hydroxylation is 1. The van der Waals surface area contributed by atoms with Gasteiger partial charge in [-0.25, -0.2) is 8.78 Å². The van der Waals surface area contributed by atoms with Crippen LogP contribution in [-0.2, 0) is 6.42 Å². The van der Waals surface area contributed by atoms with Gasteiger partial charge in [-0.05, 0) is 43.1 Å². The Labute approximate surface area is 128 Å². The van der Waals surface area contributed by atoms with Gasteiger partial charge in [0.2, 0.25) is 0 Å². The van der Waals surface area contributed by atoms with Crippen LogP contribution >= 0.6 is 11.6 Å². The Kier molecular flexibility index (Phi) is 5.32. The molecule has 1 atom stereocenters. The predicted octanol–water partition coefficient (Wildman–Crippen LogP) is 4.82. The van der Waals surface area contributed by atoms with E-state index in [-0.39, 0.29) is 16.9 Å². The van der Waals surface area contributed by atoms with Crippen molar-refractivity contribution in [2.75, 3.05) is 6.54 Å². The fourth-order valence-corrected chi connectivity index (χ4v) is 2.58. The maximum atomic E-state index is 14.2. The average Bonchev–Trinajstić information content (AvgIpc) is 2.43. The molecule has 2 aromatic carbocycles. The molecule has 0 aliphatic rings. The zero-order valence-electron chi connectivity index (χ0n) is 12.1. The van der Waals surface area contributed by atoms with Crippen LogP contribution in [0.3, 0.4) is 0 Å². The molecule has 1 unspecified atom stereocenters. The molecule has 0 aliphatic carbocycles. The summed E-state index contributed by atoms with van der Waals surface area (Å²) in [4.78, 5) is 0. The molecule has 2 rings (SSSR count). The van der Waals surface area contributed by atoms with Crippen LogP contribution in [0.1, 0.15) is 29.7 Å². The average molecular weight is 310 g/mol. The third-order valence-electron chi connectivity index (χ3n) is 3.44. The minimum atomic E-state index is -0.450. The highest BCUT2D eigenvalue weighted by molar-refractivity contribution is 6.31. The van der Waals surface area contributed by atoms with Crippen molar-refractivity contribution in [2.24, 2.45) is 0 Å². The summed E-state index contributed by atoms with van der Waals surface area (Å²) in [6.45, 7) is 4.48. The number of hydrogen-bond donors (Lipinski definition) is 1. The van der Waals surface area contributed by atoms with E-state index in [1.54, 1.807) is 18.2 Å². The molecular weight excluding hydrogens is 292 g/mol. The minimum absolute atomic E-state index is 0.105. The fraction of sp³-hybridized carbons (Fsp3) is 0.294. The lowest BCUT2D eigenvalue weighted by atomic mass is 9.97. The highest BCUT2D eigenvalue weighted by Crippen LogP contribution is 2.27. The smallest absolute Gasteiger partial charge is 0.142 e. The van der Waals surface area contributed by atoms with Crippen LogP contribution < -0.4 is 5.32 Å². The van der Waals surface area contributed by atoms with E-state index in [2.05, 4.69) is 5.32 Å². The van der Waals surface area contributed by atoms with Crippen LogP contribution in [0, 0.1) is 18.6 Å². The molecule has 2 aromatic rings. The third kappa shape index (κ3) is 3.80. The molecule has 1 nitrogen and oxygen atoms in total. The lowest BCUT2D eigenvalue weighted by Crippen LogP contribution is -2.24. The van der Waals surface area contributed by atoms with E-state index < -0.39 is 5.82 Å². The largest absolute Gasteiger partial charge is 0.310 e. The van der Waals surface area contributed by atoms with Crippen molar-refractivity contribution in [3.05, 3.63) is 69.7 Å². The van der Waals surface area contributed by atoms with Crippen molar-refractivity contribution < 1.29 is 8.78 Å². The first-order valence-corrected chi connectivity index (χ1v) is 7.33. The van der Waals surface area contributed by atoms with Gasteiger partial charge in [0.1, 0.15) is 11.6 Å². The summed E-state index contributed by atoms with van der Waals surface area (Å²) >= 11 is 5.99. The zero-order chi connectivity index (χ0) is 15.4. The van der Waals surface area contributed by atoms with Gasteiger partial charge in [-0.15, -0.1) is 0 Å². The minimum Gasteiger partial charge on any atom is -0.310 e. The van der Waals surface area contributed by atoms with Gasteiger partial charge in [0.25, 0.3) is 0 Å². The van der Waals surface area contributed by atoms with Crippen molar-refractivity contribution >= 4 is 11.6 Å². The predicted molar refractivity (Wildman–Crippen MR) is 82.7 cm³/mol. The Bertz CT molecular complexity index is 628. The van der Waals surface area contributed by atoms with Crippen LogP contribution in [0.5, 0.6) is 0 Å². The molecule has 21 heavy (non-hydrogen) atoms. The van der Waals surface area contributed by atoms with Crippen LogP contribution in [0.15, 0.2) is 36.4 Å². The summed E-state index contributed by atoms with van der Waals surface area (Å²) in [5, 5.41) is 3.34. The van der Waals surface area contributed by atoms with Gasteiger partial charge in [0.15, 0.2) is 0 Å². The zero-order valence-corrected chi connectivity index (χ0v) is 12.8. The SMILES string of the molecule is CCNC(Cc1cccc(F)c1Cl)c1ccc(C)cc1F. The summed E-state index contributed by atoms with van der Waals surface area (Å²) < 4.78 is 27.7. The first-order valence-electron chi connectivity index (χ1n) is 6.95. The topological polar surface area (TPSA) is 12.0 Å². The molecular formula is C17H18ClF2N. The Hall–Kier alpha value is -1.45. The summed E-state index contributed by atoms with van der Waals surface area (Å²) in [6.07, 6.45) is 0.435. The van der Waals surface area contributed by atoms with Crippen molar-refractivity contribution in [3.63, 3.8) is 0 Å². The summed E-state index contributed by atoms with van der Waals surface area (Å²) in [6, 6.07) is 9.61.